The van der Waals surface area contributed by atoms with E-state index in [-0.39, 0.29) is 12.5 Å². The molecule has 0 radical (unpaired) electrons. The molecule has 0 fully saturated rings. The number of hydrogen-bond acceptors (Lipinski definition) is 3. The first-order chi connectivity index (χ1) is 11.0. The van der Waals surface area contributed by atoms with Crippen LogP contribution in [-0.4, -0.2) is 18.2 Å². The standard InChI is InChI=1S/C19H24N2O2/c1-13(2)16-8-7-15(4)18(11-16)20-21-19(22)12-23-17-9-5-14(3)6-10-17/h5-7,9-10,16H,1,8,11-12H2,2-4H3,(H,21,22)/t16-/m1/s1. The SMILES string of the molecule is C=C(C)[C@@H]1CC=C(C)C(=NNC(=O)COc2ccc(C)cc2)C1. The summed E-state index contributed by atoms with van der Waals surface area (Å²) in [4.78, 5) is 11.9. The Kier molecular flexibility index (Phi) is 5.74. The largest absolute Gasteiger partial charge is 0.484 e. The summed E-state index contributed by atoms with van der Waals surface area (Å²) in [5, 5.41) is 4.25. The minimum atomic E-state index is -0.261. The van der Waals surface area contributed by atoms with E-state index in [2.05, 4.69) is 23.2 Å². The fourth-order valence-corrected chi connectivity index (χ4v) is 2.37. The highest BCUT2D eigenvalue weighted by atomic mass is 16.5. The van der Waals surface area contributed by atoms with Gasteiger partial charge in [-0.2, -0.15) is 5.10 Å². The van der Waals surface area contributed by atoms with Crippen molar-refractivity contribution in [2.24, 2.45) is 11.0 Å². The van der Waals surface area contributed by atoms with Crippen molar-refractivity contribution in [3.05, 3.63) is 53.6 Å². The summed E-state index contributed by atoms with van der Waals surface area (Å²) in [7, 11) is 0. The molecular formula is C19H24N2O2. The average Bonchev–Trinajstić information content (AvgIpc) is 2.53. The average molecular weight is 312 g/mol. The fraction of sp³-hybridized carbons (Fsp3) is 0.368. The van der Waals surface area contributed by atoms with Crippen molar-refractivity contribution in [2.45, 2.75) is 33.6 Å². The van der Waals surface area contributed by atoms with Crippen LogP contribution in [0.4, 0.5) is 0 Å². The van der Waals surface area contributed by atoms with E-state index in [1.807, 2.05) is 45.0 Å². The molecule has 0 saturated carbocycles. The topological polar surface area (TPSA) is 50.7 Å². The van der Waals surface area contributed by atoms with Gasteiger partial charge in [-0.1, -0.05) is 35.9 Å². The van der Waals surface area contributed by atoms with Crippen LogP contribution in [0.25, 0.3) is 0 Å². The summed E-state index contributed by atoms with van der Waals surface area (Å²) in [5.41, 5.74) is 6.90. The van der Waals surface area contributed by atoms with Crippen molar-refractivity contribution in [3.63, 3.8) is 0 Å². The number of carbonyl (C=O) groups is 1. The van der Waals surface area contributed by atoms with E-state index in [4.69, 9.17) is 4.74 Å². The molecule has 1 aliphatic carbocycles. The molecule has 1 aromatic carbocycles. The summed E-state index contributed by atoms with van der Waals surface area (Å²) in [6.45, 7) is 10.0. The van der Waals surface area contributed by atoms with Crippen LogP contribution in [0.15, 0.2) is 53.2 Å². The van der Waals surface area contributed by atoms with Crippen molar-refractivity contribution in [3.8, 4) is 5.75 Å². The number of hydrogen-bond donors (Lipinski definition) is 1. The van der Waals surface area contributed by atoms with Gasteiger partial charge in [0.15, 0.2) is 6.61 Å². The second kappa shape index (κ2) is 7.77. The molecule has 4 nitrogen and oxygen atoms in total. The molecule has 1 atom stereocenters. The van der Waals surface area contributed by atoms with Gasteiger partial charge in [0, 0.05) is 0 Å². The van der Waals surface area contributed by atoms with E-state index in [1.165, 1.54) is 0 Å². The minimum Gasteiger partial charge on any atom is -0.484 e. The molecule has 1 amide bonds. The first-order valence-electron chi connectivity index (χ1n) is 7.83. The van der Waals surface area contributed by atoms with Crippen molar-refractivity contribution in [1.82, 2.24) is 5.43 Å². The zero-order valence-corrected chi connectivity index (χ0v) is 14.1. The van der Waals surface area contributed by atoms with Crippen LogP contribution in [-0.2, 0) is 4.79 Å². The molecule has 1 aliphatic rings. The number of amides is 1. The molecule has 23 heavy (non-hydrogen) atoms. The Morgan fingerprint density at radius 2 is 2.04 bits per heavy atom. The fourth-order valence-electron chi connectivity index (χ4n) is 2.37. The van der Waals surface area contributed by atoms with Crippen LogP contribution in [0.1, 0.15) is 32.3 Å². The van der Waals surface area contributed by atoms with Gasteiger partial charge in [-0.25, -0.2) is 5.43 Å². The smallest absolute Gasteiger partial charge is 0.277 e. The second-order valence-electron chi connectivity index (χ2n) is 6.07. The van der Waals surface area contributed by atoms with E-state index in [0.29, 0.717) is 11.7 Å². The van der Waals surface area contributed by atoms with Gasteiger partial charge < -0.3 is 4.74 Å². The summed E-state index contributed by atoms with van der Waals surface area (Å²) < 4.78 is 5.44. The third-order valence-corrected chi connectivity index (χ3v) is 4.01. The third kappa shape index (κ3) is 5.09. The molecule has 0 spiro atoms. The number of rotatable bonds is 5. The zero-order valence-electron chi connectivity index (χ0n) is 14.1. The third-order valence-electron chi connectivity index (χ3n) is 4.01. The number of hydrazone groups is 1. The number of carbonyl (C=O) groups excluding carboxylic acids is 1. The van der Waals surface area contributed by atoms with E-state index < -0.39 is 0 Å². The Hall–Kier alpha value is -2.36. The van der Waals surface area contributed by atoms with Crippen LogP contribution in [0.5, 0.6) is 5.75 Å². The highest BCUT2D eigenvalue weighted by Crippen LogP contribution is 2.26. The molecule has 0 aliphatic heterocycles. The molecule has 2 rings (SSSR count). The molecule has 0 saturated heterocycles. The highest BCUT2D eigenvalue weighted by molar-refractivity contribution is 6.01. The minimum absolute atomic E-state index is 0.0491. The van der Waals surface area contributed by atoms with Gasteiger partial charge in [0.2, 0.25) is 0 Å². The molecule has 0 bridgehead atoms. The first-order valence-corrected chi connectivity index (χ1v) is 7.83. The number of ether oxygens (including phenoxy) is 1. The Bertz CT molecular complexity index is 642. The second-order valence-corrected chi connectivity index (χ2v) is 6.07. The normalized spacial score (nSPS) is 19.2. The lowest BCUT2D eigenvalue weighted by Gasteiger charge is -2.22. The summed E-state index contributed by atoms with van der Waals surface area (Å²) >= 11 is 0. The number of allylic oxidation sites excluding steroid dienone is 3. The zero-order chi connectivity index (χ0) is 16.8. The molecule has 1 N–H and O–H groups in total. The van der Waals surface area contributed by atoms with Gasteiger partial charge in [0.1, 0.15) is 5.75 Å². The quantitative estimate of drug-likeness (QED) is 0.664. The van der Waals surface area contributed by atoms with Gasteiger partial charge in [0.25, 0.3) is 5.91 Å². The lowest BCUT2D eigenvalue weighted by Crippen LogP contribution is -2.27. The predicted octanol–water partition coefficient (Wildman–Crippen LogP) is 3.78. The van der Waals surface area contributed by atoms with Gasteiger partial charge in [-0.15, -0.1) is 0 Å². The Balaban J connectivity index is 1.87. The number of aryl methyl sites for hydroxylation is 1. The lowest BCUT2D eigenvalue weighted by molar-refractivity contribution is -0.123. The van der Waals surface area contributed by atoms with Crippen LogP contribution < -0.4 is 10.2 Å². The summed E-state index contributed by atoms with van der Waals surface area (Å²) in [5.74, 6) is 0.816. The molecule has 4 heteroatoms. The maximum Gasteiger partial charge on any atom is 0.277 e. The van der Waals surface area contributed by atoms with Gasteiger partial charge >= 0.3 is 0 Å². The molecular weight excluding hydrogens is 288 g/mol. The van der Waals surface area contributed by atoms with Crippen molar-refractivity contribution >= 4 is 11.6 Å². The number of nitrogens with zero attached hydrogens (tertiary/aromatic N) is 1. The van der Waals surface area contributed by atoms with Gasteiger partial charge in [-0.05, 0) is 57.2 Å². The van der Waals surface area contributed by atoms with Crippen molar-refractivity contribution < 1.29 is 9.53 Å². The number of benzene rings is 1. The van der Waals surface area contributed by atoms with Crippen LogP contribution in [0.3, 0.4) is 0 Å². The summed E-state index contributed by atoms with van der Waals surface area (Å²) in [6.07, 6.45) is 3.96. The van der Waals surface area contributed by atoms with E-state index in [0.717, 1.165) is 35.3 Å². The highest BCUT2D eigenvalue weighted by Gasteiger charge is 2.18. The Labute approximate surface area is 137 Å². The van der Waals surface area contributed by atoms with Gasteiger partial charge in [-0.3, -0.25) is 4.79 Å². The Morgan fingerprint density at radius 3 is 2.70 bits per heavy atom. The van der Waals surface area contributed by atoms with Crippen LogP contribution >= 0.6 is 0 Å². The van der Waals surface area contributed by atoms with Crippen LogP contribution in [0, 0.1) is 12.8 Å². The molecule has 0 heterocycles. The van der Waals surface area contributed by atoms with Crippen molar-refractivity contribution in [2.75, 3.05) is 6.61 Å². The van der Waals surface area contributed by atoms with E-state index >= 15 is 0 Å². The lowest BCUT2D eigenvalue weighted by atomic mass is 9.85. The Morgan fingerprint density at radius 1 is 1.35 bits per heavy atom. The number of nitrogens with one attached hydrogen (secondary N) is 1. The van der Waals surface area contributed by atoms with Gasteiger partial charge in [0.05, 0.1) is 5.71 Å². The maximum atomic E-state index is 11.9. The van der Waals surface area contributed by atoms with Crippen molar-refractivity contribution in [1.29, 1.82) is 0 Å². The molecule has 122 valence electrons. The summed E-state index contributed by atoms with van der Waals surface area (Å²) in [6, 6.07) is 7.59. The van der Waals surface area contributed by atoms with E-state index in [9.17, 15) is 4.79 Å². The first kappa shape index (κ1) is 17.0. The predicted molar refractivity (Wildman–Crippen MR) is 93.5 cm³/mol. The molecule has 0 aromatic heterocycles. The molecule has 1 aromatic rings. The van der Waals surface area contributed by atoms with E-state index in [1.54, 1.807) is 0 Å². The van der Waals surface area contributed by atoms with Crippen LogP contribution in [0.2, 0.25) is 0 Å². The molecule has 0 unspecified atom stereocenters. The monoisotopic (exact) mass is 312 g/mol. The maximum absolute atomic E-state index is 11.9.